The minimum absolute atomic E-state index is 0.0665. The van der Waals surface area contributed by atoms with Gasteiger partial charge in [-0.3, -0.25) is 24.0 Å². The van der Waals surface area contributed by atoms with Crippen LogP contribution in [-0.2, 0) is 114 Å². The number of hydrogen-bond acceptors (Lipinski definition) is 31. The Hall–Kier alpha value is -7.16. The molecule has 0 bridgehead atoms. The van der Waals surface area contributed by atoms with Gasteiger partial charge in [0.05, 0.1) is 136 Å². The van der Waals surface area contributed by atoms with Crippen molar-refractivity contribution in [2.24, 2.45) is 35.3 Å². The van der Waals surface area contributed by atoms with Crippen molar-refractivity contribution in [3.63, 3.8) is 0 Å². The Morgan fingerprint density at radius 2 is 0.684 bits per heavy atom. The third kappa shape index (κ3) is 29.2. The lowest BCUT2D eigenvalue weighted by molar-refractivity contribution is -0.199. The Bertz CT molecular complexity index is 4110. The zero-order chi connectivity index (χ0) is 94.3. The van der Waals surface area contributed by atoms with Gasteiger partial charge < -0.3 is 122 Å². The summed E-state index contributed by atoms with van der Waals surface area (Å²) in [5.74, 6) is -5.43. The van der Waals surface area contributed by atoms with Gasteiger partial charge in [-0.05, 0) is 110 Å². The van der Waals surface area contributed by atoms with E-state index in [1.54, 1.807) is 6.92 Å². The Morgan fingerprint density at radius 3 is 1.08 bits per heavy atom. The van der Waals surface area contributed by atoms with Gasteiger partial charge >= 0.3 is 23.9 Å². The molecule has 7 spiro atoms. The Kier molecular flexibility index (Phi) is 40.1. The molecule has 738 valence electrons. The number of carbonyl (C=O) groups excluding carboxylic acids is 6. The predicted molar refractivity (Wildman–Crippen MR) is 491 cm³/mol. The maximum atomic E-state index is 12.5. The van der Waals surface area contributed by atoms with Crippen molar-refractivity contribution >= 4 is 35.4 Å². The second-order valence-corrected chi connectivity index (χ2v) is 36.9. The van der Waals surface area contributed by atoms with E-state index in [0.717, 1.165) is 89.2 Å². The van der Waals surface area contributed by atoms with Crippen LogP contribution in [0.15, 0.2) is 133 Å². The van der Waals surface area contributed by atoms with Gasteiger partial charge in [-0.15, -0.1) is 0 Å². The number of nitrogens with two attached hydrogens (primary N) is 1. The van der Waals surface area contributed by atoms with Crippen molar-refractivity contribution < 1.29 is 124 Å². The molecule has 13 fully saturated rings. The summed E-state index contributed by atoms with van der Waals surface area (Å²) in [6.07, 6.45) is 15.4. The molecule has 8 N–H and O–H groups in total. The molecule has 0 aromatic heterocycles. The first-order valence-corrected chi connectivity index (χ1v) is 49.0. The average molecular weight is 1860 g/mol. The monoisotopic (exact) mass is 1860 g/mol. The number of rotatable bonds is 22. The molecule has 7 saturated heterocycles. The van der Waals surface area contributed by atoms with Gasteiger partial charge in [-0.25, -0.2) is 4.79 Å². The molecule has 133 heavy (non-hydrogen) atoms. The predicted octanol–water partition coefficient (Wildman–Crippen LogP) is 12.3. The highest BCUT2D eigenvalue weighted by Gasteiger charge is 2.53. The van der Waals surface area contributed by atoms with Crippen LogP contribution in [0.1, 0.15) is 243 Å². The van der Waals surface area contributed by atoms with E-state index < -0.39 is 46.6 Å². The lowest BCUT2D eigenvalue weighted by Crippen LogP contribution is -2.51. The molecule has 7 heterocycles. The van der Waals surface area contributed by atoms with E-state index >= 15 is 0 Å². The number of Topliss-reactive ketones (excluding diaryl/α,β-unsaturated/α-hetero) is 2. The van der Waals surface area contributed by atoms with Crippen LogP contribution in [-0.4, -0.2) is 242 Å². The number of benzene rings is 4. The first-order chi connectivity index (χ1) is 64.4. The smallest absolute Gasteiger partial charge is 0.335 e. The second kappa shape index (κ2) is 51.0. The average Bonchev–Trinajstić information content (AvgIpc) is 1.78. The Labute approximate surface area is 784 Å². The number of esters is 4. The number of ketones is 2. The molecule has 1 unspecified atom stereocenters. The van der Waals surface area contributed by atoms with Crippen LogP contribution < -0.4 is 27.0 Å². The summed E-state index contributed by atoms with van der Waals surface area (Å²) in [5.41, 5.74) is 12.4. The van der Waals surface area contributed by atoms with E-state index in [-0.39, 0.29) is 115 Å². The summed E-state index contributed by atoms with van der Waals surface area (Å²) >= 11 is 0. The lowest BCUT2D eigenvalue weighted by Gasteiger charge is -2.41. The van der Waals surface area contributed by atoms with E-state index in [1.165, 1.54) is 22.3 Å². The summed E-state index contributed by atoms with van der Waals surface area (Å²) in [7, 11) is 0. The fourth-order valence-corrected chi connectivity index (χ4v) is 20.6. The summed E-state index contributed by atoms with van der Waals surface area (Å²) in [6.45, 7) is 26.2. The number of aliphatic hydroxyl groups is 2. The van der Waals surface area contributed by atoms with Gasteiger partial charge in [0.1, 0.15) is 17.5 Å². The van der Waals surface area contributed by atoms with Gasteiger partial charge in [0.2, 0.25) is 0 Å². The Morgan fingerprint density at radius 1 is 0.368 bits per heavy atom. The molecule has 18 rings (SSSR count). The molecule has 31 nitrogen and oxygen atoms in total. The molecule has 4 aromatic carbocycles. The zero-order valence-corrected chi connectivity index (χ0v) is 79.5. The van der Waals surface area contributed by atoms with E-state index in [1.807, 2.05) is 81.4 Å². The van der Waals surface area contributed by atoms with Crippen molar-refractivity contribution in [2.75, 3.05) is 132 Å². The summed E-state index contributed by atoms with van der Waals surface area (Å²) in [5, 5.41) is 33.3. The molecular weight excluding hydrogens is 1710 g/mol. The van der Waals surface area contributed by atoms with Crippen molar-refractivity contribution in [3.05, 3.63) is 155 Å². The van der Waals surface area contributed by atoms with Gasteiger partial charge in [-0.1, -0.05) is 121 Å². The highest BCUT2D eigenvalue weighted by molar-refractivity contribution is 5.99. The minimum atomic E-state index is -0.717. The van der Waals surface area contributed by atoms with Crippen LogP contribution in [0.25, 0.3) is 0 Å². The van der Waals surface area contributed by atoms with Gasteiger partial charge in [0, 0.05) is 188 Å². The fourth-order valence-electron chi connectivity index (χ4n) is 20.6. The van der Waals surface area contributed by atoms with Crippen LogP contribution in [0.3, 0.4) is 0 Å². The number of ether oxygens (including phenoxy) is 18. The standard InChI is InChI=1S/2C19H27NO4.C19H25NO4.C17H25NO3.C11H16O5.C9H17NO3.C8H12O3/c3*1-3-22-18(21)16-13-19(23-11-12-24-19)10-9-17(16)20-14(2)15-7-5-4-6-8-15;1-13(14-5-3-2-4-6-14)18-16-7-8-17(11-15(16)12-19)20-9-10-21-17;1-2-14-10(13)8-7-11(4-3-9(8)12)15-5-6-16-11;10-8-1-2-9(5-7(8)6-11)12-3-4-13-9;9-7-1-3-8(4-2-7)10-5-6-11-8/h2*4-8,14,16-17,20H,3,9-13H2,1-2H3;4-8,14,20H,3,9-13H2,1-2H3;2-6,13,15-16,18-19H,7-12H2,1H3;8H,2-7H2,1H3;7-8,11H,1-6,10H2;1-6H2/t14-,16+,17-;14-,16-,17-;14-;13-,15+,16-;;7-,8+;/m1111.0./s1. The third-order valence-corrected chi connectivity index (χ3v) is 27.9. The first kappa shape index (κ1) is 105. The van der Waals surface area contributed by atoms with Gasteiger partial charge in [-0.2, -0.15) is 0 Å². The quantitative estimate of drug-likeness (QED) is 0.0218. The first-order valence-electron chi connectivity index (χ1n) is 49.0. The number of aliphatic hydroxyl groups excluding tert-OH is 2. The van der Waals surface area contributed by atoms with Crippen molar-refractivity contribution in [3.8, 4) is 0 Å². The van der Waals surface area contributed by atoms with Crippen LogP contribution in [0.5, 0.6) is 0 Å². The Balaban J connectivity index is 0.000000142. The number of hydrogen-bond donors (Lipinski definition) is 7. The molecule has 0 amide bonds. The summed E-state index contributed by atoms with van der Waals surface area (Å²) in [4.78, 5) is 71.5. The fraction of sp³-hybridized carbons (Fsp3) is 0.686. The van der Waals surface area contributed by atoms with Crippen LogP contribution in [0.4, 0.5) is 0 Å². The van der Waals surface area contributed by atoms with E-state index in [2.05, 4.69) is 110 Å². The van der Waals surface area contributed by atoms with Crippen LogP contribution in [0.2, 0.25) is 0 Å². The summed E-state index contributed by atoms with van der Waals surface area (Å²) < 4.78 is 100. The molecule has 31 heteroatoms. The number of nitrogens with one attached hydrogen (secondary N) is 4. The molecule has 7 aliphatic carbocycles. The van der Waals surface area contributed by atoms with Gasteiger partial charge in [0.15, 0.2) is 40.5 Å². The SMILES string of the molecule is CCOC(=O)C1=C(N[C@H](C)c2ccccc2)CCC2(C1)OCCO2.CCOC(=O)C1CC2(CCC1=O)OCCO2.CCOC(=O)[C@@H]1CC2(CC[C@H]1N[C@H](C)c1ccccc1)OCCO2.CCOC(=O)[C@H]1CC2(CC[C@H]1N[C@H](C)c1ccccc1)OCCO2.C[C@@H](N[C@@H]1CCC2(C[C@H]1CO)OCCO2)c1ccccc1.N[C@@H]1CCC2(C[C@H]1CO)OCCO2.O=C1CCC2(CC1)OCCO2. The molecule has 0 radical (unpaired) electrons. The van der Waals surface area contributed by atoms with Crippen molar-refractivity contribution in [2.45, 2.75) is 285 Å². The topological polar surface area (TPSA) is 383 Å². The van der Waals surface area contributed by atoms with E-state index in [4.69, 9.17) is 96.1 Å². The number of allylic oxidation sites excluding steroid dienone is 1. The molecule has 13 atom stereocenters. The molecular formula is C102H149N5O26. The largest absolute Gasteiger partial charge is 0.466 e. The molecule has 14 aliphatic rings. The molecule has 6 saturated carbocycles. The third-order valence-electron chi connectivity index (χ3n) is 27.9. The van der Waals surface area contributed by atoms with E-state index in [9.17, 15) is 33.9 Å². The molecule has 7 aliphatic heterocycles. The van der Waals surface area contributed by atoms with Crippen LogP contribution in [0, 0.1) is 29.6 Å². The second-order valence-electron chi connectivity index (χ2n) is 36.9. The number of carbonyl (C=O) groups is 6. The zero-order valence-electron chi connectivity index (χ0n) is 79.5. The summed E-state index contributed by atoms with van der Waals surface area (Å²) in [6, 6.07) is 42.5. The molecule has 4 aromatic rings. The van der Waals surface area contributed by atoms with Crippen LogP contribution >= 0.6 is 0 Å². The normalized spacial score (nSPS) is 27.8. The van der Waals surface area contributed by atoms with Gasteiger partial charge in [0.25, 0.3) is 0 Å². The minimum Gasteiger partial charge on any atom is -0.466 e. The maximum Gasteiger partial charge on any atom is 0.335 e. The maximum absolute atomic E-state index is 12.5. The highest BCUT2D eigenvalue weighted by atomic mass is 16.8. The van der Waals surface area contributed by atoms with E-state index in [0.29, 0.717) is 188 Å². The van der Waals surface area contributed by atoms with Crippen molar-refractivity contribution in [1.82, 2.24) is 21.3 Å². The highest BCUT2D eigenvalue weighted by Crippen LogP contribution is 2.46. The lowest BCUT2D eigenvalue weighted by atomic mass is 9.80. The van der Waals surface area contributed by atoms with Crippen molar-refractivity contribution in [1.29, 1.82) is 0 Å².